The standard InChI is InChI=1S/C19H24N2O.ClH/c1-15(13-20(2)22)14-21-18-9-5-3-7-16(18)11-12-17-8-4-6-10-19(17)21;/h3-10,15,22H,11-14H2,1-2H3;1H. The first-order valence-corrected chi connectivity index (χ1v) is 7.98. The van der Waals surface area contributed by atoms with Crippen molar-refractivity contribution < 1.29 is 5.21 Å². The van der Waals surface area contributed by atoms with E-state index in [9.17, 15) is 5.21 Å². The molecule has 0 aromatic heterocycles. The van der Waals surface area contributed by atoms with Crippen LogP contribution in [0, 0.1) is 5.92 Å². The summed E-state index contributed by atoms with van der Waals surface area (Å²) < 4.78 is 0. The highest BCUT2D eigenvalue weighted by molar-refractivity contribution is 5.85. The van der Waals surface area contributed by atoms with Gasteiger partial charge in [-0.15, -0.1) is 12.4 Å². The summed E-state index contributed by atoms with van der Waals surface area (Å²) in [5, 5.41) is 10.8. The van der Waals surface area contributed by atoms with Crippen LogP contribution in [0.15, 0.2) is 48.5 Å². The predicted molar refractivity (Wildman–Crippen MR) is 98.1 cm³/mol. The van der Waals surface area contributed by atoms with E-state index in [0.717, 1.165) is 19.4 Å². The van der Waals surface area contributed by atoms with Crippen molar-refractivity contribution >= 4 is 23.8 Å². The average Bonchev–Trinajstić information content (AvgIpc) is 2.65. The Morgan fingerprint density at radius 3 is 1.96 bits per heavy atom. The zero-order chi connectivity index (χ0) is 15.5. The van der Waals surface area contributed by atoms with Gasteiger partial charge in [0.05, 0.1) is 0 Å². The van der Waals surface area contributed by atoms with Gasteiger partial charge >= 0.3 is 0 Å². The van der Waals surface area contributed by atoms with E-state index in [0.29, 0.717) is 12.5 Å². The molecule has 1 heterocycles. The molecule has 2 aromatic carbocycles. The minimum atomic E-state index is 0. The molecule has 1 aliphatic rings. The second kappa shape index (κ2) is 7.82. The second-order valence-corrected chi connectivity index (χ2v) is 6.31. The number of aryl methyl sites for hydroxylation is 2. The van der Waals surface area contributed by atoms with Crippen LogP contribution >= 0.6 is 12.4 Å². The molecule has 0 saturated carbocycles. The summed E-state index contributed by atoms with van der Waals surface area (Å²) in [5.74, 6) is 0.370. The Morgan fingerprint density at radius 1 is 1.00 bits per heavy atom. The highest BCUT2D eigenvalue weighted by atomic mass is 35.5. The number of halogens is 1. The van der Waals surface area contributed by atoms with Crippen molar-refractivity contribution in [2.24, 2.45) is 5.92 Å². The Bertz CT molecular complexity index is 597. The Hall–Kier alpha value is -1.55. The van der Waals surface area contributed by atoms with Gasteiger partial charge < -0.3 is 10.1 Å². The van der Waals surface area contributed by atoms with E-state index in [4.69, 9.17) is 0 Å². The van der Waals surface area contributed by atoms with Gasteiger partial charge in [-0.3, -0.25) is 0 Å². The molecule has 23 heavy (non-hydrogen) atoms. The van der Waals surface area contributed by atoms with Crippen LogP contribution in [-0.4, -0.2) is 30.4 Å². The van der Waals surface area contributed by atoms with E-state index in [1.165, 1.54) is 27.6 Å². The van der Waals surface area contributed by atoms with Gasteiger partial charge in [-0.25, -0.2) is 0 Å². The third-order valence-electron chi connectivity index (χ3n) is 4.30. The number of fused-ring (bicyclic) bond motifs is 2. The highest BCUT2D eigenvalue weighted by Gasteiger charge is 2.21. The van der Waals surface area contributed by atoms with Gasteiger partial charge in [0.1, 0.15) is 0 Å². The van der Waals surface area contributed by atoms with Gasteiger partial charge in [0, 0.05) is 31.5 Å². The third-order valence-corrected chi connectivity index (χ3v) is 4.30. The first-order valence-electron chi connectivity index (χ1n) is 7.98. The molecule has 0 bridgehead atoms. The number of rotatable bonds is 4. The largest absolute Gasteiger partial charge is 0.341 e. The van der Waals surface area contributed by atoms with Crippen molar-refractivity contribution in [3.05, 3.63) is 59.7 Å². The van der Waals surface area contributed by atoms with Crippen LogP contribution in [0.1, 0.15) is 18.1 Å². The maximum absolute atomic E-state index is 9.51. The Morgan fingerprint density at radius 2 is 1.48 bits per heavy atom. The zero-order valence-corrected chi connectivity index (χ0v) is 14.6. The summed E-state index contributed by atoms with van der Waals surface area (Å²) in [7, 11) is 1.71. The lowest BCUT2D eigenvalue weighted by Gasteiger charge is -2.30. The average molecular weight is 333 g/mol. The highest BCUT2D eigenvalue weighted by Crippen LogP contribution is 2.36. The molecule has 1 atom stereocenters. The molecule has 0 spiro atoms. The fourth-order valence-corrected chi connectivity index (χ4v) is 3.39. The summed E-state index contributed by atoms with van der Waals surface area (Å²) in [6.45, 7) is 3.75. The zero-order valence-electron chi connectivity index (χ0n) is 13.8. The molecule has 1 aliphatic heterocycles. The molecular formula is C19H25ClN2O. The van der Waals surface area contributed by atoms with E-state index in [-0.39, 0.29) is 12.4 Å². The second-order valence-electron chi connectivity index (χ2n) is 6.31. The van der Waals surface area contributed by atoms with Crippen molar-refractivity contribution in [1.29, 1.82) is 0 Å². The minimum Gasteiger partial charge on any atom is -0.341 e. The van der Waals surface area contributed by atoms with Crippen LogP contribution in [0.2, 0.25) is 0 Å². The van der Waals surface area contributed by atoms with Crippen LogP contribution in [0.3, 0.4) is 0 Å². The Labute approximate surface area is 144 Å². The number of hydrogen-bond donors (Lipinski definition) is 1. The predicted octanol–water partition coefficient (Wildman–Crippen LogP) is 4.30. The number of nitrogens with zero attached hydrogens (tertiary/aromatic N) is 2. The molecule has 0 aliphatic carbocycles. The molecule has 3 nitrogen and oxygen atoms in total. The number of benzene rings is 2. The fraction of sp³-hybridized carbons (Fsp3) is 0.368. The Balaban J connectivity index is 0.00000192. The van der Waals surface area contributed by atoms with Crippen molar-refractivity contribution in [3.63, 3.8) is 0 Å². The number of hydrogen-bond acceptors (Lipinski definition) is 3. The molecular weight excluding hydrogens is 308 g/mol. The number of para-hydroxylation sites is 2. The van der Waals surface area contributed by atoms with Crippen LogP contribution < -0.4 is 4.90 Å². The summed E-state index contributed by atoms with van der Waals surface area (Å²) in [5.41, 5.74) is 5.42. The van der Waals surface area contributed by atoms with Crippen molar-refractivity contribution in [1.82, 2.24) is 5.06 Å². The summed E-state index contributed by atoms with van der Waals surface area (Å²) in [6, 6.07) is 17.4. The van der Waals surface area contributed by atoms with Crippen LogP contribution in [0.4, 0.5) is 11.4 Å². The minimum absolute atomic E-state index is 0. The van der Waals surface area contributed by atoms with Gasteiger partial charge in [-0.2, -0.15) is 5.06 Å². The summed E-state index contributed by atoms with van der Waals surface area (Å²) in [6.07, 6.45) is 2.16. The smallest absolute Gasteiger partial charge is 0.0443 e. The van der Waals surface area contributed by atoms with Gasteiger partial charge in [0.15, 0.2) is 0 Å². The molecule has 0 amide bonds. The van der Waals surface area contributed by atoms with Crippen molar-refractivity contribution in [2.45, 2.75) is 19.8 Å². The lowest BCUT2D eigenvalue weighted by atomic mass is 10.0. The van der Waals surface area contributed by atoms with E-state index in [1.807, 2.05) is 0 Å². The van der Waals surface area contributed by atoms with E-state index >= 15 is 0 Å². The molecule has 0 saturated heterocycles. The molecule has 0 fully saturated rings. The van der Waals surface area contributed by atoms with Crippen molar-refractivity contribution in [2.75, 3.05) is 25.0 Å². The summed E-state index contributed by atoms with van der Waals surface area (Å²) in [4.78, 5) is 2.42. The molecule has 1 unspecified atom stereocenters. The van der Waals surface area contributed by atoms with E-state index in [1.54, 1.807) is 7.05 Å². The monoisotopic (exact) mass is 332 g/mol. The lowest BCUT2D eigenvalue weighted by Crippen LogP contribution is -2.31. The maximum atomic E-state index is 9.51. The van der Waals surface area contributed by atoms with Crippen LogP contribution in [0.25, 0.3) is 0 Å². The van der Waals surface area contributed by atoms with Gasteiger partial charge in [-0.1, -0.05) is 43.3 Å². The third kappa shape index (κ3) is 4.05. The van der Waals surface area contributed by atoms with E-state index < -0.39 is 0 Å². The van der Waals surface area contributed by atoms with Gasteiger partial charge in [-0.05, 0) is 42.0 Å². The first kappa shape index (κ1) is 17.8. The lowest BCUT2D eigenvalue weighted by molar-refractivity contribution is -0.0736. The topological polar surface area (TPSA) is 26.7 Å². The first-order chi connectivity index (χ1) is 10.6. The molecule has 1 N–H and O–H groups in total. The normalized spacial score (nSPS) is 14.5. The molecule has 2 aromatic rings. The molecule has 3 rings (SSSR count). The van der Waals surface area contributed by atoms with E-state index in [2.05, 4.69) is 60.4 Å². The fourth-order valence-electron chi connectivity index (χ4n) is 3.39. The van der Waals surface area contributed by atoms with Crippen molar-refractivity contribution in [3.8, 4) is 0 Å². The summed E-state index contributed by atoms with van der Waals surface area (Å²) >= 11 is 0. The number of anilines is 2. The molecule has 124 valence electrons. The van der Waals surface area contributed by atoms with Crippen LogP contribution in [0.5, 0.6) is 0 Å². The van der Waals surface area contributed by atoms with Gasteiger partial charge in [0.25, 0.3) is 0 Å². The van der Waals surface area contributed by atoms with Crippen LogP contribution in [-0.2, 0) is 12.8 Å². The Kier molecular flexibility index (Phi) is 6.05. The molecule has 0 radical (unpaired) electrons. The quantitative estimate of drug-likeness (QED) is 0.845. The maximum Gasteiger partial charge on any atom is 0.0443 e. The molecule has 4 heteroatoms. The number of hydroxylamine groups is 2. The SMILES string of the molecule is CC(CN(C)O)CN1c2ccccc2CCc2ccccc21.Cl. The van der Waals surface area contributed by atoms with Gasteiger partial charge in [0.2, 0.25) is 0 Å².